The molecule has 0 unspecified atom stereocenters. The Balaban J connectivity index is 2.97. The van der Waals surface area contributed by atoms with Crippen molar-refractivity contribution < 1.29 is 4.74 Å². The molecule has 0 aliphatic carbocycles. The first kappa shape index (κ1) is 15.7. The van der Waals surface area contributed by atoms with Gasteiger partial charge in [-0.2, -0.15) is 0 Å². The first-order valence-corrected chi connectivity index (χ1v) is 6.99. The smallest absolute Gasteiger partial charge is 0.171 e. The van der Waals surface area contributed by atoms with Crippen molar-refractivity contribution in [2.45, 2.75) is 46.3 Å². The minimum Gasteiger partial charge on any atom is -0.487 e. The number of aromatic nitrogens is 1. The Morgan fingerprint density at radius 3 is 2.63 bits per heavy atom. The number of hydrogen-bond acceptors (Lipinski definition) is 4. The van der Waals surface area contributed by atoms with Crippen LogP contribution in [-0.2, 0) is 0 Å². The van der Waals surface area contributed by atoms with Crippen molar-refractivity contribution in [1.29, 1.82) is 0 Å². The summed E-state index contributed by atoms with van der Waals surface area (Å²) in [6.07, 6.45) is 2.57. The maximum absolute atomic E-state index is 5.82. The largest absolute Gasteiger partial charge is 0.487 e. The Hall–Kier alpha value is -1.36. The zero-order valence-corrected chi connectivity index (χ0v) is 12.9. The van der Waals surface area contributed by atoms with Crippen molar-refractivity contribution in [2.75, 3.05) is 11.4 Å². The standard InChI is InChI=1S/C14H23N3OS/c1-10(2)17(9-7-13(15)19)14-12(18-11(3)4)6-5-8-16-14/h5-6,8,10-11H,7,9H2,1-4H3,(H2,15,19). The highest BCUT2D eigenvalue weighted by Gasteiger charge is 2.17. The highest BCUT2D eigenvalue weighted by molar-refractivity contribution is 7.80. The molecular weight excluding hydrogens is 258 g/mol. The van der Waals surface area contributed by atoms with Gasteiger partial charge in [-0.15, -0.1) is 0 Å². The number of nitrogens with two attached hydrogens (primary N) is 1. The molecular formula is C14H23N3OS. The van der Waals surface area contributed by atoms with Crippen LogP contribution < -0.4 is 15.4 Å². The molecule has 0 saturated heterocycles. The highest BCUT2D eigenvalue weighted by atomic mass is 32.1. The van der Waals surface area contributed by atoms with Gasteiger partial charge >= 0.3 is 0 Å². The van der Waals surface area contributed by atoms with Gasteiger partial charge in [-0.25, -0.2) is 4.98 Å². The predicted molar refractivity (Wildman–Crippen MR) is 83.9 cm³/mol. The van der Waals surface area contributed by atoms with E-state index in [9.17, 15) is 0 Å². The van der Waals surface area contributed by atoms with Gasteiger partial charge in [-0.1, -0.05) is 12.2 Å². The van der Waals surface area contributed by atoms with E-state index in [4.69, 9.17) is 22.7 Å². The lowest BCUT2D eigenvalue weighted by Crippen LogP contribution is -2.34. The van der Waals surface area contributed by atoms with Crippen LogP contribution in [-0.4, -0.2) is 28.7 Å². The minimum absolute atomic E-state index is 0.118. The van der Waals surface area contributed by atoms with Gasteiger partial charge in [0.2, 0.25) is 0 Å². The van der Waals surface area contributed by atoms with Gasteiger partial charge in [-0.05, 0) is 39.8 Å². The van der Waals surface area contributed by atoms with E-state index >= 15 is 0 Å². The lowest BCUT2D eigenvalue weighted by molar-refractivity contribution is 0.241. The molecule has 5 heteroatoms. The molecule has 19 heavy (non-hydrogen) atoms. The molecule has 0 amide bonds. The minimum atomic E-state index is 0.118. The summed E-state index contributed by atoms with van der Waals surface area (Å²) in [5.74, 6) is 1.65. The Kier molecular flexibility index (Phi) is 6.02. The molecule has 0 radical (unpaired) electrons. The molecule has 4 nitrogen and oxygen atoms in total. The van der Waals surface area contributed by atoms with Crippen molar-refractivity contribution in [3.8, 4) is 5.75 Å². The van der Waals surface area contributed by atoms with E-state index in [-0.39, 0.29) is 6.10 Å². The van der Waals surface area contributed by atoms with E-state index < -0.39 is 0 Å². The molecule has 0 fully saturated rings. The van der Waals surface area contributed by atoms with Gasteiger partial charge in [0.1, 0.15) is 0 Å². The maximum Gasteiger partial charge on any atom is 0.171 e. The molecule has 1 aromatic rings. The lowest BCUT2D eigenvalue weighted by atomic mass is 10.2. The number of pyridine rings is 1. The molecule has 0 spiro atoms. The van der Waals surface area contributed by atoms with E-state index in [1.165, 1.54) is 0 Å². The van der Waals surface area contributed by atoms with Crippen LogP contribution in [0.3, 0.4) is 0 Å². The van der Waals surface area contributed by atoms with Crippen molar-refractivity contribution in [1.82, 2.24) is 4.98 Å². The second-order valence-electron chi connectivity index (χ2n) is 5.00. The van der Waals surface area contributed by atoms with Gasteiger partial charge in [0.15, 0.2) is 11.6 Å². The Labute approximate surface area is 121 Å². The van der Waals surface area contributed by atoms with Gasteiger partial charge in [0.05, 0.1) is 11.1 Å². The van der Waals surface area contributed by atoms with Crippen molar-refractivity contribution in [2.24, 2.45) is 5.73 Å². The quantitative estimate of drug-likeness (QED) is 0.779. The average molecular weight is 281 g/mol. The SMILES string of the molecule is CC(C)Oc1cccnc1N(CCC(N)=S)C(C)C. The molecule has 0 aliphatic rings. The van der Waals surface area contributed by atoms with Crippen LogP contribution >= 0.6 is 12.2 Å². The molecule has 0 aliphatic heterocycles. The van der Waals surface area contributed by atoms with Crippen molar-refractivity contribution >= 4 is 23.0 Å². The molecule has 0 saturated carbocycles. The van der Waals surface area contributed by atoms with E-state index in [2.05, 4.69) is 23.7 Å². The van der Waals surface area contributed by atoms with Gasteiger partial charge in [0, 0.05) is 25.2 Å². The van der Waals surface area contributed by atoms with Crippen LogP contribution in [0.4, 0.5) is 5.82 Å². The zero-order valence-electron chi connectivity index (χ0n) is 12.1. The summed E-state index contributed by atoms with van der Waals surface area (Å²) in [5, 5.41) is 0. The van der Waals surface area contributed by atoms with Crippen LogP contribution in [0.1, 0.15) is 34.1 Å². The fourth-order valence-electron chi connectivity index (χ4n) is 1.78. The summed E-state index contributed by atoms with van der Waals surface area (Å²) in [7, 11) is 0. The van der Waals surface area contributed by atoms with Gasteiger partial charge in [-0.3, -0.25) is 0 Å². The fraction of sp³-hybridized carbons (Fsp3) is 0.571. The topological polar surface area (TPSA) is 51.4 Å². The van der Waals surface area contributed by atoms with Crippen LogP contribution in [0.2, 0.25) is 0 Å². The number of ether oxygens (including phenoxy) is 1. The Morgan fingerprint density at radius 1 is 1.42 bits per heavy atom. The van der Waals surface area contributed by atoms with Crippen molar-refractivity contribution in [3.05, 3.63) is 18.3 Å². The predicted octanol–water partition coefficient (Wildman–Crippen LogP) is 2.76. The number of hydrogen-bond donors (Lipinski definition) is 1. The summed E-state index contributed by atoms with van der Waals surface area (Å²) < 4.78 is 5.82. The third-order valence-electron chi connectivity index (χ3n) is 2.61. The normalized spacial score (nSPS) is 10.8. The van der Waals surface area contributed by atoms with Crippen LogP contribution in [0.15, 0.2) is 18.3 Å². The number of anilines is 1. The van der Waals surface area contributed by atoms with E-state index in [1.54, 1.807) is 6.20 Å². The lowest BCUT2D eigenvalue weighted by Gasteiger charge is -2.29. The first-order valence-electron chi connectivity index (χ1n) is 6.58. The zero-order chi connectivity index (χ0) is 14.4. The van der Waals surface area contributed by atoms with Crippen LogP contribution in [0.5, 0.6) is 5.75 Å². The second-order valence-corrected chi connectivity index (χ2v) is 5.52. The van der Waals surface area contributed by atoms with Crippen molar-refractivity contribution in [3.63, 3.8) is 0 Å². The summed E-state index contributed by atoms with van der Waals surface area (Å²) in [5.41, 5.74) is 5.59. The summed E-state index contributed by atoms with van der Waals surface area (Å²) in [4.78, 5) is 7.13. The summed E-state index contributed by atoms with van der Waals surface area (Å²) >= 11 is 4.95. The molecule has 1 heterocycles. The van der Waals surface area contributed by atoms with Crippen LogP contribution in [0, 0.1) is 0 Å². The van der Waals surface area contributed by atoms with E-state index in [1.807, 2.05) is 26.0 Å². The summed E-state index contributed by atoms with van der Waals surface area (Å²) in [6.45, 7) is 9.00. The number of thiocarbonyl (C=S) groups is 1. The molecule has 106 valence electrons. The average Bonchev–Trinajstić information content (AvgIpc) is 2.29. The first-order chi connectivity index (χ1) is 8.91. The monoisotopic (exact) mass is 281 g/mol. The molecule has 1 aromatic heterocycles. The maximum atomic E-state index is 5.82. The van der Waals surface area contributed by atoms with E-state index in [0.717, 1.165) is 18.1 Å². The molecule has 0 atom stereocenters. The van der Waals surface area contributed by atoms with Gasteiger partial charge < -0.3 is 15.4 Å². The van der Waals surface area contributed by atoms with Gasteiger partial charge in [0.25, 0.3) is 0 Å². The summed E-state index contributed by atoms with van der Waals surface area (Å²) in [6, 6.07) is 4.13. The Morgan fingerprint density at radius 2 is 2.11 bits per heavy atom. The van der Waals surface area contributed by atoms with E-state index in [0.29, 0.717) is 17.5 Å². The molecule has 2 N–H and O–H groups in total. The molecule has 1 rings (SSSR count). The molecule has 0 aromatic carbocycles. The number of nitrogens with zero attached hydrogens (tertiary/aromatic N) is 2. The molecule has 0 bridgehead atoms. The van der Waals surface area contributed by atoms with Crippen LogP contribution in [0.25, 0.3) is 0 Å². The fourth-order valence-corrected chi connectivity index (χ4v) is 1.87. The third-order valence-corrected chi connectivity index (χ3v) is 2.81. The number of rotatable bonds is 7. The highest BCUT2D eigenvalue weighted by Crippen LogP contribution is 2.27. The second kappa shape index (κ2) is 7.28. The third kappa shape index (κ3) is 5.03. The Bertz CT molecular complexity index is 421.